The number of likely N-dealkylation sites (tertiary alicyclic amines) is 2. The Morgan fingerprint density at radius 2 is 1.17 bits per heavy atom. The van der Waals surface area contributed by atoms with Crippen molar-refractivity contribution in [1.29, 1.82) is 0 Å². The van der Waals surface area contributed by atoms with Gasteiger partial charge in [-0.05, 0) is 144 Å². The second-order valence-electron chi connectivity index (χ2n) is 15.6. The molecule has 0 bridgehead atoms. The maximum absolute atomic E-state index is 12.9. The lowest BCUT2D eigenvalue weighted by Crippen LogP contribution is -2.22. The highest BCUT2D eigenvalue weighted by atomic mass is 16.2. The lowest BCUT2D eigenvalue weighted by atomic mass is 10.1. The van der Waals surface area contributed by atoms with Crippen LogP contribution in [0.3, 0.4) is 0 Å². The highest BCUT2D eigenvalue weighted by molar-refractivity contribution is 6.00. The number of benzene rings is 4. The molecule has 0 radical (unpaired) electrons. The number of amides is 4. The van der Waals surface area contributed by atoms with Gasteiger partial charge in [0, 0.05) is 41.2 Å². The number of aromatic nitrogens is 3. The molecule has 3 aliphatic heterocycles. The van der Waals surface area contributed by atoms with E-state index in [1.807, 2.05) is 108 Å². The van der Waals surface area contributed by atoms with E-state index in [1.165, 1.54) is 25.7 Å². The van der Waals surface area contributed by atoms with Gasteiger partial charge in [-0.1, -0.05) is 46.8 Å². The van der Waals surface area contributed by atoms with Crippen LogP contribution >= 0.6 is 0 Å². The Bertz CT molecular complexity index is 2260. The van der Waals surface area contributed by atoms with Crippen LogP contribution in [0.15, 0.2) is 114 Å². The number of nitrogens with one attached hydrogen (secondary N) is 4. The minimum atomic E-state index is -0.370. The van der Waals surface area contributed by atoms with Crippen molar-refractivity contribution >= 4 is 46.3 Å². The Labute approximate surface area is 350 Å². The Balaban J connectivity index is 0.775. The van der Waals surface area contributed by atoms with Gasteiger partial charge in [0.15, 0.2) is 0 Å². The van der Waals surface area contributed by atoms with Crippen LogP contribution in [-0.2, 0) is 9.59 Å². The predicted octanol–water partition coefficient (Wildman–Crippen LogP) is 8.14. The molecule has 4 amide bonds. The summed E-state index contributed by atoms with van der Waals surface area (Å²) in [6.45, 7) is 7.04. The summed E-state index contributed by atoms with van der Waals surface area (Å²) in [6, 6.07) is 29.6. The van der Waals surface area contributed by atoms with E-state index in [0.717, 1.165) is 80.3 Å². The molecule has 3 aliphatic rings. The second-order valence-corrected chi connectivity index (χ2v) is 15.6. The molecule has 4 aromatic carbocycles. The number of hydrogen-bond donors (Lipinski definition) is 4. The largest absolute Gasteiger partial charge is 0.326 e. The number of nitrogens with zero attached hydrogens (tertiary/aromatic N) is 8. The molecule has 4 heterocycles. The van der Waals surface area contributed by atoms with Crippen LogP contribution in [0, 0.1) is 0 Å². The van der Waals surface area contributed by atoms with E-state index in [2.05, 4.69) is 51.7 Å². The van der Waals surface area contributed by atoms with Crippen molar-refractivity contribution in [2.75, 3.05) is 72.1 Å². The van der Waals surface area contributed by atoms with E-state index in [0.29, 0.717) is 42.1 Å². The van der Waals surface area contributed by atoms with Gasteiger partial charge < -0.3 is 31.1 Å². The fraction of sp³-hybridized carbons (Fsp3) is 0.356. The summed E-state index contributed by atoms with van der Waals surface area (Å²) >= 11 is 0. The Hall–Kier alpha value is -6.45. The molecule has 2 saturated heterocycles. The lowest BCUT2D eigenvalue weighted by molar-refractivity contribution is -0.117. The molecule has 15 heteroatoms. The molecular formula is C45H52N12O3. The first-order valence-corrected chi connectivity index (χ1v) is 21.0. The average Bonchev–Trinajstić information content (AvgIpc) is 4.11. The number of carbonyl (C=O) groups excluding carboxylic acids is 3. The van der Waals surface area contributed by atoms with E-state index in [4.69, 9.17) is 0 Å². The Morgan fingerprint density at radius 3 is 1.77 bits per heavy atom. The van der Waals surface area contributed by atoms with Crippen LogP contribution < -0.4 is 26.3 Å². The van der Waals surface area contributed by atoms with Gasteiger partial charge in [0.05, 0.1) is 24.1 Å². The fourth-order valence-electron chi connectivity index (χ4n) is 7.88. The van der Waals surface area contributed by atoms with Crippen molar-refractivity contribution in [3.63, 3.8) is 0 Å². The molecule has 2 fully saturated rings. The van der Waals surface area contributed by atoms with Crippen LogP contribution in [0.4, 0.5) is 33.2 Å². The van der Waals surface area contributed by atoms with E-state index in [-0.39, 0.29) is 23.9 Å². The van der Waals surface area contributed by atoms with Gasteiger partial charge in [0.2, 0.25) is 11.8 Å². The molecule has 15 nitrogen and oxygen atoms in total. The van der Waals surface area contributed by atoms with Crippen LogP contribution in [0.5, 0.6) is 0 Å². The molecule has 5 aromatic rings. The number of urea groups is 1. The summed E-state index contributed by atoms with van der Waals surface area (Å²) in [5, 5.41) is 31.2. The SMILES string of the molecule is O=C(CCCN1CCCC1)Nc1cccc(N2CC(c3ccc(NC(=O)Nc4ccc(-c5cn(-c6cccc(NC(=O)CCCN7CCCC7)c6)nn5)cc4)cc3)N=N2)c1. The van der Waals surface area contributed by atoms with E-state index < -0.39 is 0 Å². The third kappa shape index (κ3) is 11.0. The van der Waals surface area contributed by atoms with Gasteiger partial charge in [0.25, 0.3) is 0 Å². The van der Waals surface area contributed by atoms with Gasteiger partial charge in [-0.15, -0.1) is 5.10 Å². The minimum Gasteiger partial charge on any atom is -0.326 e. The third-order valence-corrected chi connectivity index (χ3v) is 11.1. The summed E-state index contributed by atoms with van der Waals surface area (Å²) in [6.07, 6.45) is 9.53. The quantitative estimate of drug-likeness (QED) is 0.0776. The Kier molecular flexibility index (Phi) is 13.1. The first-order valence-electron chi connectivity index (χ1n) is 21.0. The minimum absolute atomic E-state index is 0.00649. The van der Waals surface area contributed by atoms with Crippen molar-refractivity contribution in [3.8, 4) is 16.9 Å². The smallest absolute Gasteiger partial charge is 0.323 e. The second kappa shape index (κ2) is 19.5. The highest BCUT2D eigenvalue weighted by Gasteiger charge is 2.23. The van der Waals surface area contributed by atoms with Crippen molar-refractivity contribution in [2.45, 2.75) is 57.4 Å². The molecular weight excluding hydrogens is 757 g/mol. The zero-order valence-electron chi connectivity index (χ0n) is 33.8. The van der Waals surface area contributed by atoms with Crippen LogP contribution in [0.2, 0.25) is 0 Å². The van der Waals surface area contributed by atoms with Crippen LogP contribution in [-0.4, -0.2) is 88.5 Å². The molecule has 1 aromatic heterocycles. The number of carbonyl (C=O) groups is 3. The molecule has 0 saturated carbocycles. The standard InChI is InChI=1S/C45H52N12O3/c58-43(13-7-27-54-23-1-2-24-54)46-37-9-5-11-39(29-37)56-31-41(50-52-56)33-15-19-35(20-16-33)48-45(60)49-36-21-17-34(18-22-36)42-32-57(53-51-42)40-12-6-10-38(30-40)47-44(59)14-8-28-55-25-3-4-26-55/h5-6,9-12,15-22,29-31,42H,1-4,7-8,13-14,23-28,32H2,(H,46,58)(H,47,59)(H2,48,49,60). The summed E-state index contributed by atoms with van der Waals surface area (Å²) < 4.78 is 1.67. The zero-order valence-corrected chi connectivity index (χ0v) is 33.8. The fourth-order valence-corrected chi connectivity index (χ4v) is 7.88. The topological polar surface area (TPSA) is 164 Å². The normalized spacial score (nSPS) is 16.6. The first-order chi connectivity index (χ1) is 29.4. The lowest BCUT2D eigenvalue weighted by Gasteiger charge is -2.16. The van der Waals surface area contributed by atoms with Gasteiger partial charge >= 0.3 is 6.03 Å². The van der Waals surface area contributed by atoms with Crippen LogP contribution in [0.25, 0.3) is 16.9 Å². The number of rotatable bonds is 16. The van der Waals surface area contributed by atoms with Crippen LogP contribution in [0.1, 0.15) is 63.0 Å². The summed E-state index contributed by atoms with van der Waals surface area (Å²) in [7, 11) is 0. The van der Waals surface area contributed by atoms with Crippen molar-refractivity contribution in [1.82, 2.24) is 24.8 Å². The maximum atomic E-state index is 12.9. The maximum Gasteiger partial charge on any atom is 0.323 e. The zero-order chi connectivity index (χ0) is 41.1. The molecule has 0 spiro atoms. The molecule has 310 valence electrons. The molecule has 1 unspecified atom stereocenters. The van der Waals surface area contributed by atoms with Gasteiger partial charge in [-0.3, -0.25) is 9.59 Å². The summed E-state index contributed by atoms with van der Waals surface area (Å²) in [5.41, 5.74) is 6.84. The monoisotopic (exact) mass is 808 g/mol. The first kappa shape index (κ1) is 40.3. The Morgan fingerprint density at radius 1 is 0.617 bits per heavy atom. The van der Waals surface area contributed by atoms with E-state index >= 15 is 0 Å². The predicted molar refractivity (Wildman–Crippen MR) is 234 cm³/mol. The van der Waals surface area contributed by atoms with Crippen molar-refractivity contribution in [3.05, 3.63) is 109 Å². The molecule has 1 atom stereocenters. The number of hydrogen-bond acceptors (Lipinski definition) is 10. The van der Waals surface area contributed by atoms with Gasteiger partial charge in [0.1, 0.15) is 11.7 Å². The van der Waals surface area contributed by atoms with Gasteiger partial charge in [-0.25, -0.2) is 14.5 Å². The van der Waals surface area contributed by atoms with Crippen molar-refractivity contribution in [2.24, 2.45) is 10.3 Å². The highest BCUT2D eigenvalue weighted by Crippen LogP contribution is 2.31. The average molecular weight is 809 g/mol. The molecule has 0 aliphatic carbocycles. The number of anilines is 5. The van der Waals surface area contributed by atoms with E-state index in [1.54, 1.807) is 4.68 Å². The molecule has 60 heavy (non-hydrogen) atoms. The summed E-state index contributed by atoms with van der Waals surface area (Å²) in [5.74, 6) is 0.0264. The molecule has 4 N–H and O–H groups in total. The van der Waals surface area contributed by atoms with Gasteiger partial charge in [-0.2, -0.15) is 5.11 Å². The van der Waals surface area contributed by atoms with E-state index in [9.17, 15) is 14.4 Å². The third-order valence-electron chi connectivity index (χ3n) is 11.1. The summed E-state index contributed by atoms with van der Waals surface area (Å²) in [4.78, 5) is 42.9. The van der Waals surface area contributed by atoms with Crippen molar-refractivity contribution < 1.29 is 14.4 Å². The molecule has 8 rings (SSSR count).